The Morgan fingerprint density at radius 3 is 2.89 bits per heavy atom. The number of Topliss-reactive ketones (excluding diaryl/α,β-unsaturated/α-hetero) is 1. The number of ketones is 1. The first-order valence-electron chi connectivity index (χ1n) is 5.58. The summed E-state index contributed by atoms with van der Waals surface area (Å²) in [5.41, 5.74) is 1.77. The van der Waals surface area contributed by atoms with Crippen LogP contribution in [0.4, 0.5) is 10.1 Å². The van der Waals surface area contributed by atoms with Gasteiger partial charge in [0, 0.05) is 30.9 Å². The smallest absolute Gasteiger partial charge is 0.159 e. The molecule has 0 amide bonds. The van der Waals surface area contributed by atoms with Crippen LogP contribution >= 0.6 is 0 Å². The number of hydrogen-bond donors (Lipinski definition) is 1. The zero-order valence-electron chi connectivity index (χ0n) is 10.3. The topological polar surface area (TPSA) is 46.9 Å². The van der Waals surface area contributed by atoms with Crippen LogP contribution in [0, 0.1) is 5.82 Å². The number of aromatic nitrogens is 2. The van der Waals surface area contributed by atoms with E-state index in [-0.39, 0.29) is 11.6 Å². The number of carbonyl (C=O) groups excluding carboxylic acids is 1. The predicted molar refractivity (Wildman–Crippen MR) is 66.9 cm³/mol. The van der Waals surface area contributed by atoms with Crippen molar-refractivity contribution >= 4 is 11.5 Å². The quantitative estimate of drug-likeness (QED) is 0.844. The Labute approximate surface area is 104 Å². The van der Waals surface area contributed by atoms with E-state index >= 15 is 0 Å². The first kappa shape index (κ1) is 12.3. The molecule has 2 aromatic rings. The molecule has 1 aromatic carbocycles. The van der Waals surface area contributed by atoms with Crippen molar-refractivity contribution in [3.8, 4) is 0 Å². The van der Waals surface area contributed by atoms with Crippen LogP contribution in [0.5, 0.6) is 0 Å². The summed E-state index contributed by atoms with van der Waals surface area (Å²) in [5, 5.41) is 6.98. The highest BCUT2D eigenvalue weighted by atomic mass is 19.1. The molecule has 5 heteroatoms. The van der Waals surface area contributed by atoms with E-state index < -0.39 is 0 Å². The number of nitrogens with one attached hydrogen (secondary N) is 1. The van der Waals surface area contributed by atoms with Crippen molar-refractivity contribution in [2.75, 3.05) is 5.32 Å². The van der Waals surface area contributed by atoms with Gasteiger partial charge >= 0.3 is 0 Å². The summed E-state index contributed by atoms with van der Waals surface area (Å²) >= 11 is 0. The van der Waals surface area contributed by atoms with E-state index in [0.717, 1.165) is 5.56 Å². The summed E-state index contributed by atoms with van der Waals surface area (Å²) in [4.78, 5) is 11.2. The minimum atomic E-state index is -0.371. The monoisotopic (exact) mass is 247 g/mol. The van der Waals surface area contributed by atoms with E-state index in [0.29, 0.717) is 17.8 Å². The number of aryl methyl sites for hydroxylation is 1. The maximum Gasteiger partial charge on any atom is 0.159 e. The van der Waals surface area contributed by atoms with Crippen LogP contribution in [0.3, 0.4) is 0 Å². The molecule has 0 aliphatic heterocycles. The van der Waals surface area contributed by atoms with Crippen molar-refractivity contribution in [3.05, 3.63) is 47.5 Å². The van der Waals surface area contributed by atoms with E-state index in [1.807, 2.05) is 13.2 Å². The van der Waals surface area contributed by atoms with Crippen LogP contribution in [0.1, 0.15) is 22.8 Å². The van der Waals surface area contributed by atoms with Crippen LogP contribution in [0.2, 0.25) is 0 Å². The molecule has 0 aliphatic rings. The highest BCUT2D eigenvalue weighted by molar-refractivity contribution is 5.94. The molecular weight excluding hydrogens is 233 g/mol. The van der Waals surface area contributed by atoms with Crippen LogP contribution in [0.15, 0.2) is 30.6 Å². The fourth-order valence-corrected chi connectivity index (χ4v) is 1.64. The maximum atomic E-state index is 13.5. The number of hydrogen-bond acceptors (Lipinski definition) is 3. The number of carbonyl (C=O) groups is 1. The van der Waals surface area contributed by atoms with Gasteiger partial charge in [-0.1, -0.05) is 0 Å². The second-order valence-electron chi connectivity index (χ2n) is 4.13. The van der Waals surface area contributed by atoms with Crippen molar-refractivity contribution in [3.63, 3.8) is 0 Å². The summed E-state index contributed by atoms with van der Waals surface area (Å²) in [6.45, 7) is 1.92. The molecule has 1 heterocycles. The fraction of sp³-hybridized carbons (Fsp3) is 0.231. The minimum absolute atomic E-state index is 0.0839. The molecule has 0 saturated carbocycles. The Balaban J connectivity index is 2.13. The number of benzene rings is 1. The average molecular weight is 247 g/mol. The molecule has 0 spiro atoms. The molecule has 0 fully saturated rings. The Morgan fingerprint density at radius 2 is 2.28 bits per heavy atom. The molecule has 1 aromatic heterocycles. The number of halogens is 1. The Kier molecular flexibility index (Phi) is 3.41. The molecule has 1 N–H and O–H groups in total. The first-order valence-corrected chi connectivity index (χ1v) is 5.58. The number of nitrogens with zero attached hydrogens (tertiary/aromatic N) is 2. The van der Waals surface area contributed by atoms with E-state index in [4.69, 9.17) is 0 Å². The van der Waals surface area contributed by atoms with Crippen LogP contribution in [-0.2, 0) is 13.6 Å². The molecular formula is C13H14FN3O. The molecule has 0 aliphatic carbocycles. The van der Waals surface area contributed by atoms with Gasteiger partial charge in [0.1, 0.15) is 5.82 Å². The molecule has 4 nitrogen and oxygen atoms in total. The van der Waals surface area contributed by atoms with Crippen LogP contribution < -0.4 is 5.32 Å². The van der Waals surface area contributed by atoms with Gasteiger partial charge < -0.3 is 5.32 Å². The summed E-state index contributed by atoms with van der Waals surface area (Å²) in [6, 6.07) is 4.29. The van der Waals surface area contributed by atoms with E-state index in [1.165, 1.54) is 25.1 Å². The normalized spacial score (nSPS) is 10.4. The lowest BCUT2D eigenvalue weighted by Crippen LogP contribution is -2.03. The maximum absolute atomic E-state index is 13.5. The molecule has 0 saturated heterocycles. The second kappa shape index (κ2) is 5.00. The SMILES string of the molecule is CC(=O)c1ccc(F)c(NCc2cnn(C)c2)c1. The number of rotatable bonds is 4. The van der Waals surface area contributed by atoms with Crippen LogP contribution in [0.25, 0.3) is 0 Å². The third-order valence-corrected chi connectivity index (χ3v) is 2.61. The molecule has 2 rings (SSSR count). The average Bonchev–Trinajstić information content (AvgIpc) is 2.74. The lowest BCUT2D eigenvalue weighted by atomic mass is 10.1. The largest absolute Gasteiger partial charge is 0.378 e. The van der Waals surface area contributed by atoms with Gasteiger partial charge in [-0.25, -0.2) is 4.39 Å². The molecule has 0 radical (unpaired) electrons. The fourth-order valence-electron chi connectivity index (χ4n) is 1.64. The second-order valence-corrected chi connectivity index (χ2v) is 4.13. The predicted octanol–water partition coefficient (Wildman–Crippen LogP) is 2.37. The van der Waals surface area contributed by atoms with Crippen molar-refractivity contribution in [1.29, 1.82) is 0 Å². The Hall–Kier alpha value is -2.17. The van der Waals surface area contributed by atoms with Gasteiger partial charge in [0.25, 0.3) is 0 Å². The van der Waals surface area contributed by atoms with Crippen molar-refractivity contribution < 1.29 is 9.18 Å². The Bertz CT molecular complexity index is 577. The van der Waals surface area contributed by atoms with Gasteiger partial charge in [0.15, 0.2) is 5.78 Å². The van der Waals surface area contributed by atoms with Crippen molar-refractivity contribution in [1.82, 2.24) is 9.78 Å². The molecule has 0 bridgehead atoms. The zero-order valence-corrected chi connectivity index (χ0v) is 10.3. The summed E-state index contributed by atoms with van der Waals surface area (Å²) in [7, 11) is 1.82. The standard InChI is InChI=1S/C13H14FN3O/c1-9(18)11-3-4-12(14)13(5-11)15-6-10-7-16-17(2)8-10/h3-5,7-8,15H,6H2,1-2H3. The molecule has 94 valence electrons. The van der Waals surface area contributed by atoms with Crippen molar-refractivity contribution in [2.24, 2.45) is 7.05 Å². The first-order chi connectivity index (χ1) is 8.56. The van der Waals surface area contributed by atoms with Gasteiger partial charge in [0.05, 0.1) is 11.9 Å². The number of anilines is 1. The highest BCUT2D eigenvalue weighted by Gasteiger charge is 2.06. The van der Waals surface area contributed by atoms with Gasteiger partial charge in [0.2, 0.25) is 0 Å². The zero-order chi connectivity index (χ0) is 13.1. The van der Waals surface area contributed by atoms with E-state index in [9.17, 15) is 9.18 Å². The van der Waals surface area contributed by atoms with Gasteiger partial charge in [-0.2, -0.15) is 5.10 Å². The highest BCUT2D eigenvalue weighted by Crippen LogP contribution is 2.17. The third kappa shape index (κ3) is 2.74. The third-order valence-electron chi connectivity index (χ3n) is 2.61. The van der Waals surface area contributed by atoms with E-state index in [1.54, 1.807) is 10.9 Å². The minimum Gasteiger partial charge on any atom is -0.378 e. The van der Waals surface area contributed by atoms with E-state index in [2.05, 4.69) is 10.4 Å². The summed E-state index contributed by atoms with van der Waals surface area (Å²) in [5.74, 6) is -0.455. The Morgan fingerprint density at radius 1 is 1.50 bits per heavy atom. The lowest BCUT2D eigenvalue weighted by molar-refractivity contribution is 0.101. The molecule has 0 atom stereocenters. The molecule has 18 heavy (non-hydrogen) atoms. The lowest BCUT2D eigenvalue weighted by Gasteiger charge is -2.07. The van der Waals surface area contributed by atoms with Crippen molar-refractivity contribution in [2.45, 2.75) is 13.5 Å². The summed E-state index contributed by atoms with van der Waals surface area (Å²) in [6.07, 6.45) is 3.56. The van der Waals surface area contributed by atoms with Gasteiger partial charge in [-0.05, 0) is 25.1 Å². The molecule has 0 unspecified atom stereocenters. The van der Waals surface area contributed by atoms with Crippen LogP contribution in [-0.4, -0.2) is 15.6 Å². The van der Waals surface area contributed by atoms with Gasteiger partial charge in [-0.3, -0.25) is 9.48 Å². The van der Waals surface area contributed by atoms with Gasteiger partial charge in [-0.15, -0.1) is 0 Å². The summed E-state index contributed by atoms with van der Waals surface area (Å²) < 4.78 is 15.2.